The van der Waals surface area contributed by atoms with Crippen molar-refractivity contribution in [1.82, 2.24) is 0 Å². The highest BCUT2D eigenvalue weighted by atomic mass is 32.2. The smallest absolute Gasteiger partial charge is 0.325 e. The molecule has 3 aromatic carbocycles. The molecule has 0 saturated carbocycles. The molecular weight excluding hydrogens is 386 g/mol. The van der Waals surface area contributed by atoms with Crippen LogP contribution in [-0.2, 0) is 0 Å². The zero-order valence-electron chi connectivity index (χ0n) is 15.1. The van der Waals surface area contributed by atoms with Crippen molar-refractivity contribution in [3.05, 3.63) is 89.0 Å². The molecule has 3 heterocycles. The fourth-order valence-electron chi connectivity index (χ4n) is 3.82. The first kappa shape index (κ1) is 16.2. The van der Waals surface area contributed by atoms with Gasteiger partial charge in [0.2, 0.25) is 5.84 Å². The molecule has 0 fully saturated rings. The summed E-state index contributed by atoms with van der Waals surface area (Å²) < 4.78 is 8.91. The Morgan fingerprint density at radius 3 is 2.61 bits per heavy atom. The van der Waals surface area contributed by atoms with E-state index in [-0.39, 0.29) is 5.50 Å². The van der Waals surface area contributed by atoms with Crippen molar-refractivity contribution in [2.75, 3.05) is 12.0 Å². The van der Waals surface area contributed by atoms with E-state index in [4.69, 9.17) is 9.73 Å². The number of benzene rings is 3. The molecule has 136 valence electrons. The van der Waals surface area contributed by atoms with Crippen LogP contribution in [0.3, 0.4) is 0 Å². The predicted molar refractivity (Wildman–Crippen MR) is 112 cm³/mol. The van der Waals surface area contributed by atoms with Gasteiger partial charge in [0.05, 0.1) is 16.7 Å². The fourth-order valence-corrected chi connectivity index (χ4v) is 6.06. The van der Waals surface area contributed by atoms with Gasteiger partial charge in [0.15, 0.2) is 0 Å². The molecule has 2 aliphatic rings. The Hall–Kier alpha value is -2.83. The maximum atomic E-state index is 5.37. The molecule has 0 bridgehead atoms. The maximum absolute atomic E-state index is 5.37. The van der Waals surface area contributed by atoms with Crippen LogP contribution in [0.5, 0.6) is 5.75 Å². The van der Waals surface area contributed by atoms with Gasteiger partial charge >= 0.3 is 4.80 Å². The fraction of sp³-hybridized carbons (Fsp3) is 0.0909. The average Bonchev–Trinajstić information content (AvgIpc) is 3.30. The van der Waals surface area contributed by atoms with Gasteiger partial charge in [-0.2, -0.15) is 4.24 Å². The van der Waals surface area contributed by atoms with Gasteiger partial charge in [0.25, 0.3) is 5.50 Å². The molecule has 0 amide bonds. The summed E-state index contributed by atoms with van der Waals surface area (Å²) in [7, 11) is 1.70. The molecule has 1 atom stereocenters. The number of hydrogen-bond donors (Lipinski definition) is 0. The first-order valence-corrected chi connectivity index (χ1v) is 10.7. The number of thiazole rings is 1. The summed E-state index contributed by atoms with van der Waals surface area (Å²) in [6.45, 7) is 0. The van der Waals surface area contributed by atoms with E-state index in [9.17, 15) is 0 Å². The Morgan fingerprint density at radius 2 is 1.75 bits per heavy atom. The van der Waals surface area contributed by atoms with Crippen molar-refractivity contribution >= 4 is 39.0 Å². The van der Waals surface area contributed by atoms with Gasteiger partial charge in [0, 0.05) is 5.56 Å². The summed E-state index contributed by atoms with van der Waals surface area (Å²) in [5.74, 6) is 2.01. The number of thioether (sulfide) groups is 1. The van der Waals surface area contributed by atoms with Crippen molar-refractivity contribution in [2.45, 2.75) is 10.4 Å². The van der Waals surface area contributed by atoms with Crippen LogP contribution in [-0.4, -0.2) is 12.6 Å². The molecule has 4 nitrogen and oxygen atoms in total. The number of hydrogen-bond acceptors (Lipinski definition) is 5. The number of rotatable bonds is 2. The van der Waals surface area contributed by atoms with E-state index in [0.29, 0.717) is 0 Å². The highest BCUT2D eigenvalue weighted by Crippen LogP contribution is 2.46. The van der Waals surface area contributed by atoms with Gasteiger partial charge < -0.3 is 4.74 Å². The van der Waals surface area contributed by atoms with Crippen LogP contribution in [0.4, 0.5) is 5.69 Å². The van der Waals surface area contributed by atoms with Crippen LogP contribution >= 0.6 is 23.1 Å². The van der Waals surface area contributed by atoms with Gasteiger partial charge in [-0.1, -0.05) is 40.6 Å². The lowest BCUT2D eigenvalue weighted by Gasteiger charge is -2.20. The summed E-state index contributed by atoms with van der Waals surface area (Å²) in [6.07, 6.45) is 0. The number of ether oxygens (including phenoxy) is 1. The molecule has 4 aromatic rings. The van der Waals surface area contributed by atoms with Crippen molar-refractivity contribution in [2.24, 2.45) is 4.99 Å². The minimum Gasteiger partial charge on any atom is -0.497 e. The molecule has 2 aliphatic heterocycles. The number of methoxy groups -OCH3 is 1. The average molecular weight is 403 g/mol. The van der Waals surface area contributed by atoms with E-state index < -0.39 is 0 Å². The SMILES string of the molecule is COc1ccc(C2=[n+]3c(sc4ccccc43)=NC3Sc4ccccc4N23)cc1. The van der Waals surface area contributed by atoms with Gasteiger partial charge in [-0.25, -0.2) is 4.90 Å². The number of nitrogens with zero attached hydrogens (tertiary/aromatic N) is 3. The first-order chi connectivity index (χ1) is 13.8. The summed E-state index contributed by atoms with van der Waals surface area (Å²) >= 11 is 3.55. The lowest BCUT2D eigenvalue weighted by Crippen LogP contribution is -2.50. The Bertz CT molecular complexity index is 1340. The van der Waals surface area contributed by atoms with Gasteiger partial charge in [-0.05, 0) is 60.3 Å². The van der Waals surface area contributed by atoms with Crippen LogP contribution in [0.25, 0.3) is 10.2 Å². The second-order valence-electron chi connectivity index (χ2n) is 6.65. The normalized spacial score (nSPS) is 17.1. The van der Waals surface area contributed by atoms with Crippen LogP contribution < -0.4 is 18.7 Å². The van der Waals surface area contributed by atoms with Gasteiger partial charge in [-0.15, -0.1) is 0 Å². The third kappa shape index (κ3) is 2.25. The predicted octanol–water partition coefficient (Wildman–Crippen LogP) is 4.11. The Morgan fingerprint density at radius 1 is 0.964 bits per heavy atom. The molecule has 1 unspecified atom stereocenters. The Labute approximate surface area is 170 Å². The van der Waals surface area contributed by atoms with Gasteiger partial charge in [-0.3, -0.25) is 0 Å². The van der Waals surface area contributed by atoms with Crippen LogP contribution in [0, 0.1) is 5.84 Å². The molecule has 1 aromatic heterocycles. The minimum atomic E-state index is 0.0163. The van der Waals surface area contributed by atoms with E-state index in [2.05, 4.69) is 69.8 Å². The van der Waals surface area contributed by atoms with E-state index in [1.807, 2.05) is 12.1 Å². The molecule has 0 saturated heterocycles. The Kier molecular flexibility index (Phi) is 3.51. The largest absolute Gasteiger partial charge is 0.497 e. The molecule has 28 heavy (non-hydrogen) atoms. The first-order valence-electron chi connectivity index (χ1n) is 9.04. The van der Waals surface area contributed by atoms with Crippen LogP contribution in [0.1, 0.15) is 5.56 Å². The topological polar surface area (TPSA) is 30.7 Å². The lowest BCUT2D eigenvalue weighted by molar-refractivity contribution is -0.508. The second-order valence-corrected chi connectivity index (χ2v) is 8.76. The summed E-state index contributed by atoms with van der Waals surface area (Å²) in [5, 5.41) is 0. The highest BCUT2D eigenvalue weighted by molar-refractivity contribution is 8.00. The Balaban J connectivity index is 1.73. The molecule has 0 N–H and O–H groups in total. The van der Waals surface area contributed by atoms with E-state index in [1.165, 1.54) is 20.8 Å². The summed E-state index contributed by atoms with van der Waals surface area (Å²) in [4.78, 5) is 9.75. The zero-order chi connectivity index (χ0) is 18.7. The number of anilines is 1. The minimum absolute atomic E-state index is 0.0163. The van der Waals surface area contributed by atoms with E-state index >= 15 is 0 Å². The zero-order valence-corrected chi connectivity index (χ0v) is 16.7. The van der Waals surface area contributed by atoms with Crippen molar-refractivity contribution in [1.29, 1.82) is 0 Å². The van der Waals surface area contributed by atoms with Crippen molar-refractivity contribution in [3.8, 4) is 5.75 Å². The van der Waals surface area contributed by atoms with E-state index in [1.54, 1.807) is 30.2 Å². The maximum Gasteiger partial charge on any atom is 0.325 e. The number of fused-ring (bicyclic) bond motifs is 6. The third-order valence-corrected chi connectivity index (χ3v) is 7.25. The van der Waals surface area contributed by atoms with E-state index in [0.717, 1.165) is 21.9 Å². The number of aromatic nitrogens is 1. The van der Waals surface area contributed by atoms with Gasteiger partial charge in [0.1, 0.15) is 17.0 Å². The molecule has 0 aliphatic carbocycles. The standard InChI is InChI=1S/C22H16N3OS2/c1-26-15-12-10-14(11-13-15)20-24-16-6-2-4-8-18(16)27-21(24)23-22-25(20)17-7-3-5-9-19(17)28-22/h2-13,21H,1H3/q+1. The number of para-hydroxylation sites is 2. The van der Waals surface area contributed by atoms with Crippen molar-refractivity contribution in [3.63, 3.8) is 0 Å². The molecule has 6 heteroatoms. The lowest BCUT2D eigenvalue weighted by atomic mass is 10.1. The second kappa shape index (κ2) is 6.09. The van der Waals surface area contributed by atoms with Crippen LogP contribution in [0.15, 0.2) is 82.7 Å². The molecule has 0 radical (unpaired) electrons. The van der Waals surface area contributed by atoms with Crippen LogP contribution in [0.2, 0.25) is 0 Å². The van der Waals surface area contributed by atoms with Crippen molar-refractivity contribution < 1.29 is 8.98 Å². The molecule has 6 rings (SSSR count). The third-order valence-electron chi connectivity index (χ3n) is 5.09. The summed E-state index contributed by atoms with van der Waals surface area (Å²) in [5.41, 5.74) is 3.56. The quantitative estimate of drug-likeness (QED) is 0.473. The summed E-state index contributed by atoms with van der Waals surface area (Å²) in [6, 6.07) is 25.4. The molecule has 0 spiro atoms. The molecular formula is C22H16N3OS2+. The highest BCUT2D eigenvalue weighted by Gasteiger charge is 2.43. The monoisotopic (exact) mass is 402 g/mol.